The van der Waals surface area contributed by atoms with Gasteiger partial charge in [0.25, 0.3) is 0 Å². The van der Waals surface area contributed by atoms with Crippen molar-refractivity contribution in [1.29, 1.82) is 0 Å². The first kappa shape index (κ1) is 18.0. The molecule has 1 unspecified atom stereocenters. The fourth-order valence-electron chi connectivity index (χ4n) is 2.84. The Morgan fingerprint density at radius 1 is 1.10 bits per heavy atom. The molecule has 4 heteroatoms. The lowest BCUT2D eigenvalue weighted by atomic mass is 10.0. The summed E-state index contributed by atoms with van der Waals surface area (Å²) in [6, 6.07) is 0.369. The summed E-state index contributed by atoms with van der Waals surface area (Å²) in [7, 11) is 0. The summed E-state index contributed by atoms with van der Waals surface area (Å²) < 4.78 is 0. The Balaban J connectivity index is 1.84. The molecule has 0 saturated carbocycles. The van der Waals surface area contributed by atoms with E-state index in [1.54, 1.807) is 0 Å². The van der Waals surface area contributed by atoms with Crippen LogP contribution < -0.4 is 5.32 Å². The number of aliphatic imine (C=N–C) groups is 1. The van der Waals surface area contributed by atoms with Crippen LogP contribution in [0.5, 0.6) is 0 Å². The molecule has 4 nitrogen and oxygen atoms in total. The average molecular weight is 296 g/mol. The summed E-state index contributed by atoms with van der Waals surface area (Å²) in [6.45, 7) is 3.01. The van der Waals surface area contributed by atoms with Crippen LogP contribution in [0.1, 0.15) is 84.0 Å². The van der Waals surface area contributed by atoms with Gasteiger partial charge in [-0.05, 0) is 6.42 Å². The van der Waals surface area contributed by atoms with Gasteiger partial charge in [-0.1, -0.05) is 71.1 Å². The summed E-state index contributed by atoms with van der Waals surface area (Å²) in [4.78, 5) is 14.8. The summed E-state index contributed by atoms with van der Waals surface area (Å²) in [5, 5.41) is 11.9. The molecular weight excluding hydrogens is 264 g/mol. The molecule has 0 amide bonds. The van der Waals surface area contributed by atoms with Crippen LogP contribution >= 0.6 is 0 Å². The van der Waals surface area contributed by atoms with Gasteiger partial charge in [0.15, 0.2) is 0 Å². The van der Waals surface area contributed by atoms with Crippen molar-refractivity contribution in [3.8, 4) is 0 Å². The number of hydrogen-bond donors (Lipinski definition) is 2. The fraction of sp³-hybridized carbons (Fsp3) is 0.882. The summed E-state index contributed by atoms with van der Waals surface area (Å²) >= 11 is 0. The Kier molecular flexibility index (Phi) is 9.92. The Bertz CT molecular complexity index is 316. The molecule has 0 aromatic carbocycles. The number of rotatable bonds is 13. The highest BCUT2D eigenvalue weighted by atomic mass is 16.4. The second-order valence-corrected chi connectivity index (χ2v) is 6.17. The molecule has 122 valence electrons. The van der Waals surface area contributed by atoms with E-state index < -0.39 is 5.97 Å². The van der Waals surface area contributed by atoms with Crippen molar-refractivity contribution in [2.75, 3.05) is 6.54 Å². The zero-order valence-corrected chi connectivity index (χ0v) is 13.6. The molecule has 1 heterocycles. The first-order valence-corrected chi connectivity index (χ1v) is 8.74. The van der Waals surface area contributed by atoms with Crippen LogP contribution in [0.25, 0.3) is 0 Å². The zero-order chi connectivity index (χ0) is 15.3. The van der Waals surface area contributed by atoms with Gasteiger partial charge in [0.2, 0.25) is 0 Å². The number of aliphatic carboxylic acids is 1. The minimum atomic E-state index is -0.805. The van der Waals surface area contributed by atoms with Gasteiger partial charge in [0.05, 0.1) is 6.54 Å². The third kappa shape index (κ3) is 9.48. The van der Waals surface area contributed by atoms with Gasteiger partial charge in [-0.15, -0.1) is 0 Å². The minimum absolute atomic E-state index is 0.0362. The first-order valence-electron chi connectivity index (χ1n) is 8.74. The molecule has 0 bridgehead atoms. The van der Waals surface area contributed by atoms with Crippen molar-refractivity contribution in [1.82, 2.24) is 5.32 Å². The van der Waals surface area contributed by atoms with Gasteiger partial charge < -0.3 is 10.4 Å². The molecular formula is C17H32N2O2. The fourth-order valence-corrected chi connectivity index (χ4v) is 2.84. The van der Waals surface area contributed by atoms with Crippen molar-refractivity contribution in [3.63, 3.8) is 0 Å². The Morgan fingerprint density at radius 3 is 2.24 bits per heavy atom. The van der Waals surface area contributed by atoms with E-state index in [-0.39, 0.29) is 6.42 Å². The maximum atomic E-state index is 10.6. The number of nitrogens with zero attached hydrogens (tertiary/aromatic N) is 1. The molecule has 1 aliphatic rings. The first-order chi connectivity index (χ1) is 10.2. The van der Waals surface area contributed by atoms with Crippen LogP contribution in [0, 0.1) is 0 Å². The summed E-state index contributed by atoms with van der Waals surface area (Å²) in [5.74, 6) is -0.152. The van der Waals surface area contributed by atoms with E-state index in [0.29, 0.717) is 11.9 Å². The maximum Gasteiger partial charge on any atom is 0.310 e. The lowest BCUT2D eigenvalue weighted by molar-refractivity contribution is -0.135. The lowest BCUT2D eigenvalue weighted by Crippen LogP contribution is -2.31. The Morgan fingerprint density at radius 2 is 1.67 bits per heavy atom. The van der Waals surface area contributed by atoms with Gasteiger partial charge in [-0.3, -0.25) is 9.79 Å². The average Bonchev–Trinajstić information content (AvgIpc) is 2.87. The monoisotopic (exact) mass is 296 g/mol. The third-order valence-electron chi connectivity index (χ3n) is 4.10. The number of nitrogens with one attached hydrogen (secondary N) is 1. The van der Waals surface area contributed by atoms with Crippen molar-refractivity contribution < 1.29 is 9.90 Å². The SMILES string of the molecule is CCCCCCCCCCCCC1CN=C(CC(=O)O)N1. The molecule has 0 saturated heterocycles. The van der Waals surface area contributed by atoms with Gasteiger partial charge in [0, 0.05) is 6.04 Å². The highest BCUT2D eigenvalue weighted by molar-refractivity contribution is 5.97. The van der Waals surface area contributed by atoms with Gasteiger partial charge >= 0.3 is 5.97 Å². The van der Waals surface area contributed by atoms with Crippen LogP contribution in [0.4, 0.5) is 0 Å². The molecule has 1 atom stereocenters. The second-order valence-electron chi connectivity index (χ2n) is 6.17. The van der Waals surface area contributed by atoms with Crippen LogP contribution in [-0.2, 0) is 4.79 Å². The minimum Gasteiger partial charge on any atom is -0.481 e. The number of hydrogen-bond acceptors (Lipinski definition) is 3. The van der Waals surface area contributed by atoms with E-state index in [4.69, 9.17) is 5.11 Å². The van der Waals surface area contributed by atoms with E-state index >= 15 is 0 Å². The molecule has 0 aliphatic carbocycles. The summed E-state index contributed by atoms with van der Waals surface area (Å²) in [5.41, 5.74) is 0. The van der Waals surface area contributed by atoms with Crippen LogP contribution in [-0.4, -0.2) is 29.5 Å². The van der Waals surface area contributed by atoms with Crippen LogP contribution in [0.15, 0.2) is 4.99 Å². The smallest absolute Gasteiger partial charge is 0.310 e. The quantitative estimate of drug-likeness (QED) is 0.502. The molecule has 0 radical (unpaired) electrons. The van der Waals surface area contributed by atoms with Crippen molar-refractivity contribution in [2.24, 2.45) is 4.99 Å². The highest BCUT2D eigenvalue weighted by Gasteiger charge is 2.18. The molecule has 1 rings (SSSR count). The van der Waals surface area contributed by atoms with Gasteiger partial charge in [-0.25, -0.2) is 0 Å². The topological polar surface area (TPSA) is 61.7 Å². The van der Waals surface area contributed by atoms with Crippen LogP contribution in [0.3, 0.4) is 0 Å². The van der Waals surface area contributed by atoms with Crippen molar-refractivity contribution in [2.45, 2.75) is 90.0 Å². The molecule has 2 N–H and O–H groups in total. The van der Waals surface area contributed by atoms with Gasteiger partial charge in [-0.2, -0.15) is 0 Å². The molecule has 0 aromatic rings. The predicted octanol–water partition coefficient (Wildman–Crippen LogP) is 4.14. The third-order valence-corrected chi connectivity index (χ3v) is 4.10. The van der Waals surface area contributed by atoms with Crippen LogP contribution in [0.2, 0.25) is 0 Å². The normalized spacial score (nSPS) is 17.6. The second kappa shape index (κ2) is 11.6. The number of amidine groups is 1. The van der Waals surface area contributed by atoms with E-state index in [1.807, 2.05) is 0 Å². The van der Waals surface area contributed by atoms with Crippen molar-refractivity contribution in [3.05, 3.63) is 0 Å². The molecule has 1 aliphatic heterocycles. The number of unbranched alkanes of at least 4 members (excludes halogenated alkanes) is 9. The number of carboxylic acids is 1. The largest absolute Gasteiger partial charge is 0.481 e. The number of carbonyl (C=O) groups is 1. The predicted molar refractivity (Wildman–Crippen MR) is 87.9 cm³/mol. The maximum absolute atomic E-state index is 10.6. The van der Waals surface area contributed by atoms with Gasteiger partial charge in [0.1, 0.15) is 12.3 Å². The standard InChI is InChI=1S/C17H32N2O2/c1-2-3-4-5-6-7-8-9-10-11-12-15-14-18-16(19-15)13-17(20)21/h15H,2-14H2,1H3,(H,18,19)(H,20,21). The zero-order valence-electron chi connectivity index (χ0n) is 13.6. The molecule has 21 heavy (non-hydrogen) atoms. The molecule has 0 fully saturated rings. The van der Waals surface area contributed by atoms with E-state index in [9.17, 15) is 4.79 Å². The Hall–Kier alpha value is -1.06. The molecule has 0 spiro atoms. The Labute approximate surface area is 129 Å². The highest BCUT2D eigenvalue weighted by Crippen LogP contribution is 2.13. The van der Waals surface area contributed by atoms with E-state index in [1.165, 1.54) is 64.2 Å². The molecule has 0 aromatic heterocycles. The summed E-state index contributed by atoms with van der Waals surface area (Å²) in [6.07, 6.45) is 14.7. The van der Waals surface area contributed by atoms with Crippen molar-refractivity contribution >= 4 is 11.8 Å². The van der Waals surface area contributed by atoms with E-state index in [0.717, 1.165) is 13.0 Å². The van der Waals surface area contributed by atoms with E-state index in [2.05, 4.69) is 17.2 Å². The lowest BCUT2D eigenvalue weighted by Gasteiger charge is -2.10. The number of carboxylic acid groups (broad SMARTS) is 1.